The Labute approximate surface area is 124 Å². The number of hydrogen-bond donors (Lipinski definition) is 1. The molecule has 0 bridgehead atoms. The molecule has 5 heteroatoms. The number of rotatable bonds is 3. The maximum Gasteiger partial charge on any atom is 0.257 e. The topological polar surface area (TPSA) is 42.0 Å². The summed E-state index contributed by atoms with van der Waals surface area (Å²) in [4.78, 5) is 17.7. The lowest BCUT2D eigenvalue weighted by Gasteiger charge is -2.02. The molecule has 1 aromatic carbocycles. The molecule has 1 amide bonds. The van der Waals surface area contributed by atoms with Gasteiger partial charge in [0.1, 0.15) is 0 Å². The monoisotopic (exact) mass is 300 g/mol. The number of aryl methyl sites for hydroxylation is 1. The minimum absolute atomic E-state index is 0.124. The van der Waals surface area contributed by atoms with Crippen LogP contribution in [-0.4, -0.2) is 10.9 Å². The normalized spacial score (nSPS) is 10.4. The van der Waals surface area contributed by atoms with Gasteiger partial charge in [-0.25, -0.2) is 4.98 Å². The van der Waals surface area contributed by atoms with Crippen LogP contribution >= 0.6 is 22.7 Å². The van der Waals surface area contributed by atoms with E-state index in [1.807, 2.05) is 48.0 Å². The fraction of sp³-hybridized carbons (Fsp3) is 0.0667. The summed E-state index contributed by atoms with van der Waals surface area (Å²) in [7, 11) is 0. The number of anilines is 1. The third-order valence-corrected chi connectivity index (χ3v) is 4.43. The molecule has 1 N–H and O–H groups in total. The minimum atomic E-state index is -0.124. The third-order valence-electron chi connectivity index (χ3n) is 2.78. The molecule has 0 aliphatic rings. The van der Waals surface area contributed by atoms with Crippen molar-refractivity contribution in [1.29, 1.82) is 0 Å². The molecule has 100 valence electrons. The number of carbonyl (C=O) groups is 1. The van der Waals surface area contributed by atoms with Gasteiger partial charge in [-0.3, -0.25) is 10.1 Å². The number of nitrogens with zero attached hydrogens (tertiary/aromatic N) is 1. The van der Waals surface area contributed by atoms with Crippen molar-refractivity contribution in [2.45, 2.75) is 6.92 Å². The van der Waals surface area contributed by atoms with Gasteiger partial charge < -0.3 is 0 Å². The van der Waals surface area contributed by atoms with Gasteiger partial charge in [-0.15, -0.1) is 22.7 Å². The van der Waals surface area contributed by atoms with Crippen LogP contribution in [-0.2, 0) is 0 Å². The average Bonchev–Trinajstić information content (AvgIpc) is 3.08. The predicted molar refractivity (Wildman–Crippen MR) is 84.6 cm³/mol. The molecule has 0 aliphatic carbocycles. The molecule has 0 spiro atoms. The number of carbonyl (C=O) groups excluding carboxylic acids is 1. The number of amides is 1. The highest BCUT2D eigenvalue weighted by atomic mass is 32.1. The lowest BCUT2D eigenvalue weighted by molar-refractivity contribution is 0.102. The summed E-state index contributed by atoms with van der Waals surface area (Å²) in [5, 5.41) is 7.44. The van der Waals surface area contributed by atoms with Crippen LogP contribution in [0.1, 0.15) is 15.9 Å². The van der Waals surface area contributed by atoms with Gasteiger partial charge in [-0.1, -0.05) is 23.8 Å². The first-order chi connectivity index (χ1) is 9.72. The third kappa shape index (κ3) is 2.79. The Morgan fingerprint density at radius 3 is 2.85 bits per heavy atom. The molecule has 3 rings (SSSR count). The maximum atomic E-state index is 12.1. The summed E-state index contributed by atoms with van der Waals surface area (Å²) >= 11 is 3.08. The molecular formula is C15H12N2OS2. The molecule has 0 radical (unpaired) electrons. The molecule has 2 aromatic heterocycles. The number of thiophene rings is 1. The van der Waals surface area contributed by atoms with E-state index in [-0.39, 0.29) is 5.91 Å². The Morgan fingerprint density at radius 2 is 2.10 bits per heavy atom. The first-order valence-corrected chi connectivity index (χ1v) is 7.86. The first kappa shape index (κ1) is 13.0. The van der Waals surface area contributed by atoms with E-state index in [4.69, 9.17) is 0 Å². The Bertz CT molecular complexity index is 732. The van der Waals surface area contributed by atoms with Crippen molar-refractivity contribution in [2.75, 3.05) is 5.32 Å². The second-order valence-electron chi connectivity index (χ2n) is 4.34. The van der Waals surface area contributed by atoms with Gasteiger partial charge in [0.25, 0.3) is 5.91 Å². The summed E-state index contributed by atoms with van der Waals surface area (Å²) in [6.07, 6.45) is 0. The van der Waals surface area contributed by atoms with Crippen LogP contribution in [0.2, 0.25) is 0 Å². The molecule has 3 nitrogen and oxygen atoms in total. The van der Waals surface area contributed by atoms with Gasteiger partial charge in [0.2, 0.25) is 0 Å². The van der Waals surface area contributed by atoms with E-state index in [9.17, 15) is 4.79 Å². The zero-order valence-corrected chi connectivity index (χ0v) is 12.4. The van der Waals surface area contributed by atoms with Gasteiger partial charge in [0, 0.05) is 10.9 Å². The Kier molecular flexibility index (Phi) is 3.62. The molecule has 0 saturated heterocycles. The van der Waals surface area contributed by atoms with Crippen molar-refractivity contribution >= 4 is 33.7 Å². The smallest absolute Gasteiger partial charge is 0.257 e. The van der Waals surface area contributed by atoms with Crippen LogP contribution < -0.4 is 5.32 Å². The van der Waals surface area contributed by atoms with Crippen molar-refractivity contribution in [3.63, 3.8) is 0 Å². The molecule has 0 aliphatic heterocycles. The number of hydrogen-bond acceptors (Lipinski definition) is 4. The summed E-state index contributed by atoms with van der Waals surface area (Å²) in [5.41, 5.74) is 2.62. The van der Waals surface area contributed by atoms with Gasteiger partial charge >= 0.3 is 0 Å². The summed E-state index contributed by atoms with van der Waals surface area (Å²) in [6.45, 7) is 1.97. The van der Waals surface area contributed by atoms with E-state index in [2.05, 4.69) is 10.3 Å². The SMILES string of the molecule is Cc1cccc(C(=O)Nc2nc(-c3cccs3)cs2)c1. The zero-order valence-electron chi connectivity index (χ0n) is 10.8. The summed E-state index contributed by atoms with van der Waals surface area (Å²) < 4.78 is 0. The van der Waals surface area contributed by atoms with Crippen LogP contribution in [0.25, 0.3) is 10.6 Å². The van der Waals surface area contributed by atoms with E-state index in [1.54, 1.807) is 17.4 Å². The maximum absolute atomic E-state index is 12.1. The van der Waals surface area contributed by atoms with Crippen molar-refractivity contribution in [3.05, 3.63) is 58.3 Å². The van der Waals surface area contributed by atoms with Crippen LogP contribution in [0, 0.1) is 6.92 Å². The molecule has 0 atom stereocenters. The first-order valence-electron chi connectivity index (χ1n) is 6.10. The van der Waals surface area contributed by atoms with Crippen LogP contribution in [0.5, 0.6) is 0 Å². The lowest BCUT2D eigenvalue weighted by atomic mass is 10.1. The van der Waals surface area contributed by atoms with Crippen LogP contribution in [0.15, 0.2) is 47.2 Å². The molecule has 2 heterocycles. The summed E-state index contributed by atoms with van der Waals surface area (Å²) in [6, 6.07) is 11.5. The highest BCUT2D eigenvalue weighted by molar-refractivity contribution is 7.16. The summed E-state index contributed by atoms with van der Waals surface area (Å²) in [5.74, 6) is -0.124. The second-order valence-corrected chi connectivity index (χ2v) is 6.14. The van der Waals surface area contributed by atoms with Crippen LogP contribution in [0.3, 0.4) is 0 Å². The Hall–Kier alpha value is -1.98. The number of nitrogens with one attached hydrogen (secondary N) is 1. The number of thiazole rings is 1. The van der Waals surface area contributed by atoms with Gasteiger partial charge in [-0.05, 0) is 30.5 Å². The predicted octanol–water partition coefficient (Wildman–Crippen LogP) is 4.43. The van der Waals surface area contributed by atoms with Crippen LogP contribution in [0.4, 0.5) is 5.13 Å². The highest BCUT2D eigenvalue weighted by Crippen LogP contribution is 2.28. The molecular weight excluding hydrogens is 288 g/mol. The van der Waals surface area contributed by atoms with Crippen molar-refractivity contribution in [3.8, 4) is 10.6 Å². The number of aromatic nitrogens is 1. The second kappa shape index (κ2) is 5.56. The van der Waals surface area contributed by atoms with Gasteiger partial charge in [-0.2, -0.15) is 0 Å². The molecule has 0 unspecified atom stereocenters. The number of benzene rings is 1. The van der Waals surface area contributed by atoms with Gasteiger partial charge in [0.15, 0.2) is 5.13 Å². The zero-order chi connectivity index (χ0) is 13.9. The highest BCUT2D eigenvalue weighted by Gasteiger charge is 2.10. The van der Waals surface area contributed by atoms with E-state index < -0.39 is 0 Å². The minimum Gasteiger partial charge on any atom is -0.298 e. The van der Waals surface area contributed by atoms with E-state index in [1.165, 1.54) is 11.3 Å². The fourth-order valence-electron chi connectivity index (χ4n) is 1.82. The van der Waals surface area contributed by atoms with Crippen molar-refractivity contribution in [2.24, 2.45) is 0 Å². The lowest BCUT2D eigenvalue weighted by Crippen LogP contribution is -2.11. The quantitative estimate of drug-likeness (QED) is 0.777. The Balaban J connectivity index is 1.77. The standard InChI is InChI=1S/C15H12N2OS2/c1-10-4-2-5-11(8-10)14(18)17-15-16-12(9-20-15)13-6-3-7-19-13/h2-9H,1H3,(H,16,17,18). The largest absolute Gasteiger partial charge is 0.298 e. The molecule has 0 saturated carbocycles. The van der Waals surface area contributed by atoms with Crippen molar-refractivity contribution in [1.82, 2.24) is 4.98 Å². The average molecular weight is 300 g/mol. The van der Waals surface area contributed by atoms with E-state index in [0.717, 1.165) is 16.1 Å². The Morgan fingerprint density at radius 1 is 1.20 bits per heavy atom. The van der Waals surface area contributed by atoms with Crippen molar-refractivity contribution < 1.29 is 4.79 Å². The fourth-order valence-corrected chi connectivity index (χ4v) is 3.29. The molecule has 0 fully saturated rings. The van der Waals surface area contributed by atoms with E-state index >= 15 is 0 Å². The van der Waals surface area contributed by atoms with Gasteiger partial charge in [0.05, 0.1) is 10.6 Å². The van der Waals surface area contributed by atoms with E-state index in [0.29, 0.717) is 10.7 Å². The molecule has 3 aromatic rings. The molecule has 20 heavy (non-hydrogen) atoms.